The van der Waals surface area contributed by atoms with Gasteiger partial charge in [-0.1, -0.05) is 30.3 Å². The number of hydrogen-bond donors (Lipinski definition) is 2. The van der Waals surface area contributed by atoms with Crippen LogP contribution in [0.3, 0.4) is 0 Å². The van der Waals surface area contributed by atoms with Gasteiger partial charge in [-0.2, -0.15) is 0 Å². The Morgan fingerprint density at radius 1 is 1.36 bits per heavy atom. The second-order valence-corrected chi connectivity index (χ2v) is 7.88. The molecule has 0 aromatic heterocycles. The van der Waals surface area contributed by atoms with Gasteiger partial charge in [0, 0.05) is 5.75 Å². The molecule has 0 spiro atoms. The normalized spacial score (nSPS) is 19.6. The van der Waals surface area contributed by atoms with Gasteiger partial charge >= 0.3 is 5.97 Å². The van der Waals surface area contributed by atoms with Crippen LogP contribution >= 0.6 is 34.4 Å². The highest BCUT2D eigenvalue weighted by atomic mass is 127. The zero-order chi connectivity index (χ0) is 17.8. The molecule has 0 saturated carbocycles. The molecule has 1 heterocycles. The van der Waals surface area contributed by atoms with Crippen LogP contribution in [-0.2, 0) is 11.4 Å². The Morgan fingerprint density at radius 2 is 2.12 bits per heavy atom. The molecule has 0 radical (unpaired) electrons. The summed E-state index contributed by atoms with van der Waals surface area (Å²) < 4.78 is 12.4. The molecule has 1 aliphatic rings. The molecule has 5 nitrogen and oxygen atoms in total. The third-order valence-corrected chi connectivity index (χ3v) is 5.93. The van der Waals surface area contributed by atoms with Gasteiger partial charge in [-0.05, 0) is 45.9 Å². The van der Waals surface area contributed by atoms with Crippen molar-refractivity contribution in [1.29, 1.82) is 0 Å². The van der Waals surface area contributed by atoms with Gasteiger partial charge in [0.05, 0.1) is 16.1 Å². The number of nitrogens with one attached hydrogen (secondary N) is 1. The lowest BCUT2D eigenvalue weighted by Gasteiger charge is -2.17. The minimum atomic E-state index is -0.820. The highest BCUT2D eigenvalue weighted by Crippen LogP contribution is 2.40. The summed E-state index contributed by atoms with van der Waals surface area (Å²) in [5.41, 5.74) is 2.07. The number of thioether (sulfide) groups is 1. The van der Waals surface area contributed by atoms with E-state index in [9.17, 15) is 4.79 Å². The van der Waals surface area contributed by atoms with Crippen molar-refractivity contribution in [2.75, 3.05) is 12.9 Å². The van der Waals surface area contributed by atoms with Gasteiger partial charge in [-0.3, -0.25) is 10.1 Å². The molecule has 0 bridgehead atoms. The first kappa shape index (κ1) is 18.3. The Morgan fingerprint density at radius 3 is 2.76 bits per heavy atom. The minimum absolute atomic E-state index is 0.0633. The van der Waals surface area contributed by atoms with E-state index in [4.69, 9.17) is 14.6 Å². The van der Waals surface area contributed by atoms with Crippen molar-refractivity contribution < 1.29 is 19.4 Å². The van der Waals surface area contributed by atoms with Gasteiger partial charge in [-0.15, -0.1) is 11.8 Å². The largest absolute Gasteiger partial charge is 0.493 e. The second kappa shape index (κ2) is 8.29. The summed E-state index contributed by atoms with van der Waals surface area (Å²) >= 11 is 3.81. The summed E-state index contributed by atoms with van der Waals surface area (Å²) in [6, 6.07) is 13.4. The van der Waals surface area contributed by atoms with Gasteiger partial charge in [-0.25, -0.2) is 0 Å². The van der Waals surface area contributed by atoms with Crippen LogP contribution in [0, 0.1) is 3.57 Å². The van der Waals surface area contributed by atoms with Gasteiger partial charge in [0.15, 0.2) is 11.5 Å². The summed E-state index contributed by atoms with van der Waals surface area (Å²) in [7, 11) is 1.61. The van der Waals surface area contributed by atoms with E-state index >= 15 is 0 Å². The first-order valence-electron chi connectivity index (χ1n) is 7.73. The average Bonchev–Trinajstić information content (AvgIpc) is 3.11. The van der Waals surface area contributed by atoms with E-state index in [-0.39, 0.29) is 5.37 Å². The maximum atomic E-state index is 11.1. The predicted molar refractivity (Wildman–Crippen MR) is 106 cm³/mol. The number of carbonyl (C=O) groups is 1. The van der Waals surface area contributed by atoms with Crippen LogP contribution < -0.4 is 14.8 Å². The van der Waals surface area contributed by atoms with E-state index in [1.54, 1.807) is 18.9 Å². The number of rotatable bonds is 6. The Kier molecular flexibility index (Phi) is 6.08. The number of benzene rings is 2. The van der Waals surface area contributed by atoms with Crippen LogP contribution in [0.15, 0.2) is 42.5 Å². The first-order chi connectivity index (χ1) is 12.1. The van der Waals surface area contributed by atoms with Crippen LogP contribution in [0.1, 0.15) is 16.5 Å². The standard InChI is InChI=1S/C18H18INO4S/c1-23-15-8-12(17-20-14(10-25-17)18(21)22)7-13(19)16(15)24-9-11-5-3-2-4-6-11/h2-8,14,17,20H,9-10H2,1H3,(H,21,22)/t14-,17-/m1/s1. The topological polar surface area (TPSA) is 67.8 Å². The number of carboxylic acids is 1. The lowest BCUT2D eigenvalue weighted by molar-refractivity contribution is -0.138. The molecule has 7 heteroatoms. The fourth-order valence-electron chi connectivity index (χ4n) is 2.57. The number of carboxylic acid groups (broad SMARTS) is 1. The molecule has 0 unspecified atom stereocenters. The zero-order valence-electron chi connectivity index (χ0n) is 13.6. The summed E-state index contributed by atoms with van der Waals surface area (Å²) in [5.74, 6) is 1.08. The van der Waals surface area contributed by atoms with Crippen LogP contribution in [0.25, 0.3) is 0 Å². The fourth-order valence-corrected chi connectivity index (χ4v) is 4.56. The number of methoxy groups -OCH3 is 1. The quantitative estimate of drug-likeness (QED) is 0.627. The van der Waals surface area contributed by atoms with Crippen molar-refractivity contribution in [2.45, 2.75) is 18.0 Å². The molecule has 2 aromatic carbocycles. The molecule has 2 atom stereocenters. The van der Waals surface area contributed by atoms with E-state index in [2.05, 4.69) is 27.9 Å². The lowest BCUT2D eigenvalue weighted by atomic mass is 10.2. The van der Waals surface area contributed by atoms with Crippen LogP contribution in [0.2, 0.25) is 0 Å². The lowest BCUT2D eigenvalue weighted by Crippen LogP contribution is -2.33. The van der Waals surface area contributed by atoms with Crippen LogP contribution in [0.4, 0.5) is 0 Å². The third kappa shape index (κ3) is 4.39. The first-order valence-corrected chi connectivity index (χ1v) is 9.86. The molecule has 132 valence electrons. The Balaban J connectivity index is 1.78. The molecule has 1 aliphatic heterocycles. The van der Waals surface area contributed by atoms with E-state index in [1.165, 1.54) is 0 Å². The van der Waals surface area contributed by atoms with E-state index in [0.717, 1.165) is 14.7 Å². The Hall–Kier alpha value is -1.45. The van der Waals surface area contributed by atoms with E-state index in [0.29, 0.717) is 23.9 Å². The molecule has 0 amide bonds. The second-order valence-electron chi connectivity index (χ2n) is 5.58. The zero-order valence-corrected chi connectivity index (χ0v) is 16.5. The molecule has 1 saturated heterocycles. The minimum Gasteiger partial charge on any atom is -0.493 e. The van der Waals surface area contributed by atoms with Crippen molar-refractivity contribution >= 4 is 40.3 Å². The molecule has 25 heavy (non-hydrogen) atoms. The molecule has 2 N–H and O–H groups in total. The van der Waals surface area contributed by atoms with Crippen molar-refractivity contribution in [1.82, 2.24) is 5.32 Å². The summed E-state index contributed by atoms with van der Waals surface area (Å²) in [6.45, 7) is 0.462. The van der Waals surface area contributed by atoms with Gasteiger partial charge in [0.1, 0.15) is 12.6 Å². The number of ether oxygens (including phenoxy) is 2. The van der Waals surface area contributed by atoms with Crippen molar-refractivity contribution in [3.05, 3.63) is 57.2 Å². The summed E-state index contributed by atoms with van der Waals surface area (Å²) in [5, 5.41) is 12.2. The van der Waals surface area contributed by atoms with Gasteiger partial charge in [0.25, 0.3) is 0 Å². The van der Waals surface area contributed by atoms with Gasteiger partial charge < -0.3 is 14.6 Å². The summed E-state index contributed by atoms with van der Waals surface area (Å²) in [6.07, 6.45) is 0. The monoisotopic (exact) mass is 471 g/mol. The smallest absolute Gasteiger partial charge is 0.321 e. The van der Waals surface area contributed by atoms with Crippen molar-refractivity contribution in [2.24, 2.45) is 0 Å². The Labute approximate surface area is 164 Å². The molecule has 1 fully saturated rings. The Bertz CT molecular complexity index is 756. The molecular formula is C18H18INO4S. The highest BCUT2D eigenvalue weighted by molar-refractivity contribution is 14.1. The van der Waals surface area contributed by atoms with E-state index < -0.39 is 12.0 Å². The maximum absolute atomic E-state index is 11.1. The number of aliphatic carboxylic acids is 1. The van der Waals surface area contributed by atoms with E-state index in [1.807, 2.05) is 42.5 Å². The SMILES string of the molecule is COc1cc([C@@H]2N[C@@H](C(=O)O)CS2)cc(I)c1OCc1ccccc1. The third-order valence-electron chi connectivity index (χ3n) is 3.86. The number of hydrogen-bond acceptors (Lipinski definition) is 5. The summed E-state index contributed by atoms with van der Waals surface area (Å²) in [4.78, 5) is 11.1. The molecule has 2 aromatic rings. The predicted octanol–water partition coefficient (Wildman–Crippen LogP) is 3.67. The van der Waals surface area contributed by atoms with Crippen molar-refractivity contribution in [3.8, 4) is 11.5 Å². The van der Waals surface area contributed by atoms with Crippen molar-refractivity contribution in [3.63, 3.8) is 0 Å². The average molecular weight is 471 g/mol. The van der Waals surface area contributed by atoms with Gasteiger partial charge in [0.2, 0.25) is 0 Å². The maximum Gasteiger partial charge on any atom is 0.321 e. The molecular weight excluding hydrogens is 453 g/mol. The fraction of sp³-hybridized carbons (Fsp3) is 0.278. The molecule has 0 aliphatic carbocycles. The van der Waals surface area contributed by atoms with Crippen LogP contribution in [-0.4, -0.2) is 30.0 Å². The number of halogens is 1. The van der Waals surface area contributed by atoms with Crippen LogP contribution in [0.5, 0.6) is 11.5 Å². The molecule has 3 rings (SSSR count). The highest BCUT2D eigenvalue weighted by Gasteiger charge is 2.31.